The van der Waals surface area contributed by atoms with Crippen LogP contribution >= 0.6 is 0 Å². The van der Waals surface area contributed by atoms with Crippen LogP contribution in [0.25, 0.3) is 0 Å². The Bertz CT molecular complexity index is 427. The third-order valence-corrected chi connectivity index (χ3v) is 3.48. The molecular weight excluding hydrogens is 258 g/mol. The Morgan fingerprint density at radius 3 is 3.15 bits per heavy atom. The molecule has 1 saturated heterocycles. The first kappa shape index (κ1) is 15.0. The summed E-state index contributed by atoms with van der Waals surface area (Å²) in [4.78, 5) is 16.3. The number of hydrogen-bond donors (Lipinski definition) is 1. The molecule has 0 aromatic carbocycles. The molecule has 1 aromatic rings. The van der Waals surface area contributed by atoms with E-state index in [1.165, 1.54) is 0 Å². The van der Waals surface area contributed by atoms with Gasteiger partial charge in [0.25, 0.3) is 0 Å². The van der Waals surface area contributed by atoms with Crippen LogP contribution in [0.5, 0.6) is 0 Å². The molecule has 2 unspecified atom stereocenters. The van der Waals surface area contributed by atoms with Gasteiger partial charge in [0.15, 0.2) is 0 Å². The molecule has 1 fully saturated rings. The van der Waals surface area contributed by atoms with Gasteiger partial charge in [0, 0.05) is 19.7 Å². The van der Waals surface area contributed by atoms with Gasteiger partial charge in [-0.1, -0.05) is 0 Å². The highest BCUT2D eigenvalue weighted by atomic mass is 16.5. The molecule has 1 N–H and O–H groups in total. The first-order valence-electron chi connectivity index (χ1n) is 7.27. The summed E-state index contributed by atoms with van der Waals surface area (Å²) in [6.07, 6.45) is 5.76. The molecule has 1 aliphatic heterocycles. The lowest BCUT2D eigenvalue weighted by Crippen LogP contribution is -2.36. The van der Waals surface area contributed by atoms with E-state index in [0.29, 0.717) is 13.2 Å². The normalized spacial score (nSPS) is 20.0. The average molecular weight is 281 g/mol. The zero-order valence-corrected chi connectivity index (χ0v) is 12.2. The lowest BCUT2D eigenvalue weighted by Gasteiger charge is -2.20. The van der Waals surface area contributed by atoms with E-state index in [1.54, 1.807) is 12.5 Å². The van der Waals surface area contributed by atoms with Gasteiger partial charge < -0.3 is 14.0 Å². The van der Waals surface area contributed by atoms with Crippen LogP contribution in [0.4, 0.5) is 0 Å². The minimum Gasteiger partial charge on any atom is -0.465 e. The minimum absolute atomic E-state index is 0.185. The molecule has 2 heterocycles. The maximum absolute atomic E-state index is 12.1. The van der Waals surface area contributed by atoms with Crippen molar-refractivity contribution in [3.8, 4) is 0 Å². The predicted molar refractivity (Wildman–Crippen MR) is 74.3 cm³/mol. The summed E-state index contributed by atoms with van der Waals surface area (Å²) in [7, 11) is 0. The first-order valence-corrected chi connectivity index (χ1v) is 7.27. The molecule has 2 rings (SSSR count). The zero-order chi connectivity index (χ0) is 14.4. The summed E-state index contributed by atoms with van der Waals surface area (Å²) in [6.45, 7) is 6.44. The zero-order valence-electron chi connectivity index (χ0n) is 12.2. The number of ether oxygens (including phenoxy) is 2. The Labute approximate surface area is 119 Å². The van der Waals surface area contributed by atoms with Crippen molar-refractivity contribution in [3.05, 3.63) is 18.2 Å². The number of esters is 1. The largest absolute Gasteiger partial charge is 0.465 e. The number of hydrogen-bond acceptors (Lipinski definition) is 5. The summed E-state index contributed by atoms with van der Waals surface area (Å²) in [6, 6.07) is -0.485. The van der Waals surface area contributed by atoms with Gasteiger partial charge in [-0.25, -0.2) is 9.78 Å². The standard InChI is InChI=1S/C14H23N3O3/c1-3-17-10-15-9-12(17)13(14(18)19-4-2)16-8-11-6-5-7-20-11/h9-11,13,16H,3-8H2,1-2H3. The van der Waals surface area contributed by atoms with Crippen molar-refractivity contribution in [2.75, 3.05) is 19.8 Å². The molecule has 1 aromatic heterocycles. The minimum atomic E-state index is -0.485. The summed E-state index contributed by atoms with van der Waals surface area (Å²) >= 11 is 0. The van der Waals surface area contributed by atoms with Gasteiger partial charge in [-0.05, 0) is 26.7 Å². The van der Waals surface area contributed by atoms with Crippen molar-refractivity contribution in [2.45, 2.75) is 45.4 Å². The van der Waals surface area contributed by atoms with Crippen LogP contribution in [0.15, 0.2) is 12.5 Å². The van der Waals surface area contributed by atoms with Gasteiger partial charge in [-0.15, -0.1) is 0 Å². The van der Waals surface area contributed by atoms with Gasteiger partial charge in [-0.3, -0.25) is 5.32 Å². The molecule has 112 valence electrons. The van der Waals surface area contributed by atoms with Crippen LogP contribution < -0.4 is 5.32 Å². The van der Waals surface area contributed by atoms with Gasteiger partial charge in [-0.2, -0.15) is 0 Å². The van der Waals surface area contributed by atoms with Gasteiger partial charge in [0.1, 0.15) is 6.04 Å². The van der Waals surface area contributed by atoms with E-state index in [1.807, 2.05) is 18.4 Å². The molecule has 20 heavy (non-hydrogen) atoms. The quantitative estimate of drug-likeness (QED) is 0.763. The average Bonchev–Trinajstić information content (AvgIpc) is 3.10. The van der Waals surface area contributed by atoms with Crippen molar-refractivity contribution < 1.29 is 14.3 Å². The highest BCUT2D eigenvalue weighted by molar-refractivity contribution is 5.77. The smallest absolute Gasteiger partial charge is 0.329 e. The fraction of sp³-hybridized carbons (Fsp3) is 0.714. The van der Waals surface area contributed by atoms with E-state index < -0.39 is 6.04 Å². The van der Waals surface area contributed by atoms with E-state index in [0.717, 1.165) is 31.7 Å². The van der Waals surface area contributed by atoms with Crippen LogP contribution in [0, 0.1) is 0 Å². The van der Waals surface area contributed by atoms with Gasteiger partial charge >= 0.3 is 5.97 Å². The summed E-state index contributed by atoms with van der Waals surface area (Å²) in [5, 5.41) is 3.26. The second-order valence-corrected chi connectivity index (χ2v) is 4.83. The maximum atomic E-state index is 12.1. The topological polar surface area (TPSA) is 65.4 Å². The Kier molecular flexibility index (Phi) is 5.55. The van der Waals surface area contributed by atoms with Crippen molar-refractivity contribution >= 4 is 5.97 Å². The fourth-order valence-corrected chi connectivity index (χ4v) is 2.42. The van der Waals surface area contributed by atoms with Gasteiger partial charge in [0.05, 0.1) is 30.9 Å². The van der Waals surface area contributed by atoms with Crippen molar-refractivity contribution in [1.82, 2.24) is 14.9 Å². The van der Waals surface area contributed by atoms with Crippen molar-refractivity contribution in [2.24, 2.45) is 0 Å². The first-order chi connectivity index (χ1) is 9.76. The Hall–Kier alpha value is -1.40. The number of nitrogens with zero attached hydrogens (tertiary/aromatic N) is 2. The monoisotopic (exact) mass is 281 g/mol. The number of carbonyl (C=O) groups is 1. The molecule has 6 heteroatoms. The Morgan fingerprint density at radius 2 is 2.50 bits per heavy atom. The molecule has 0 amide bonds. The number of nitrogens with one attached hydrogen (secondary N) is 1. The molecule has 0 bridgehead atoms. The van der Waals surface area contributed by atoms with E-state index in [4.69, 9.17) is 9.47 Å². The van der Waals surface area contributed by atoms with E-state index in [9.17, 15) is 4.79 Å². The van der Waals surface area contributed by atoms with Crippen LogP contribution in [-0.4, -0.2) is 41.4 Å². The Morgan fingerprint density at radius 1 is 1.65 bits per heavy atom. The maximum Gasteiger partial charge on any atom is 0.329 e. The van der Waals surface area contributed by atoms with Gasteiger partial charge in [0.2, 0.25) is 0 Å². The highest BCUT2D eigenvalue weighted by Crippen LogP contribution is 2.17. The lowest BCUT2D eigenvalue weighted by molar-refractivity contribution is -0.146. The number of aryl methyl sites for hydroxylation is 1. The number of aromatic nitrogens is 2. The van der Waals surface area contributed by atoms with Crippen LogP contribution in [0.2, 0.25) is 0 Å². The van der Waals surface area contributed by atoms with E-state index in [-0.39, 0.29) is 12.1 Å². The lowest BCUT2D eigenvalue weighted by atomic mass is 10.2. The second kappa shape index (κ2) is 7.40. The number of imidazole rings is 1. The predicted octanol–water partition coefficient (Wildman–Crippen LogP) is 1.28. The number of carbonyl (C=O) groups excluding carboxylic acids is 1. The SMILES string of the molecule is CCOC(=O)C(NCC1CCCO1)c1cncn1CC. The summed E-state index contributed by atoms with van der Waals surface area (Å²) in [5.41, 5.74) is 0.837. The highest BCUT2D eigenvalue weighted by Gasteiger charge is 2.26. The van der Waals surface area contributed by atoms with Crippen molar-refractivity contribution in [1.29, 1.82) is 0 Å². The third-order valence-electron chi connectivity index (χ3n) is 3.48. The van der Waals surface area contributed by atoms with E-state index >= 15 is 0 Å². The molecule has 1 aliphatic rings. The molecule has 0 spiro atoms. The fourth-order valence-electron chi connectivity index (χ4n) is 2.42. The molecule has 2 atom stereocenters. The van der Waals surface area contributed by atoms with E-state index in [2.05, 4.69) is 10.3 Å². The van der Waals surface area contributed by atoms with Crippen LogP contribution in [0.3, 0.4) is 0 Å². The third kappa shape index (κ3) is 3.58. The molecule has 0 radical (unpaired) electrons. The van der Waals surface area contributed by atoms with Crippen molar-refractivity contribution in [3.63, 3.8) is 0 Å². The second-order valence-electron chi connectivity index (χ2n) is 4.83. The molecule has 0 aliphatic carbocycles. The summed E-state index contributed by atoms with van der Waals surface area (Å²) < 4.78 is 12.7. The Balaban J connectivity index is 2.05. The van der Waals surface area contributed by atoms with Crippen LogP contribution in [-0.2, 0) is 20.8 Å². The molecule has 6 nitrogen and oxygen atoms in total. The summed E-state index contributed by atoms with van der Waals surface area (Å²) in [5.74, 6) is -0.263. The molecular formula is C14H23N3O3. The van der Waals surface area contributed by atoms with Crippen LogP contribution in [0.1, 0.15) is 38.4 Å². The molecule has 0 saturated carbocycles. The number of rotatable bonds is 7.